The maximum Gasteiger partial charge on any atom is 0.220 e. The number of benzene rings is 1. The van der Waals surface area contributed by atoms with Crippen LogP contribution in [0.3, 0.4) is 0 Å². The van der Waals surface area contributed by atoms with Crippen molar-refractivity contribution in [3.05, 3.63) is 28.2 Å². The highest BCUT2D eigenvalue weighted by Crippen LogP contribution is 2.25. The Morgan fingerprint density at radius 1 is 1.37 bits per heavy atom. The van der Waals surface area contributed by atoms with Crippen LogP contribution in [0.5, 0.6) is 5.75 Å². The van der Waals surface area contributed by atoms with E-state index >= 15 is 0 Å². The molecule has 0 aliphatic rings. The van der Waals surface area contributed by atoms with Gasteiger partial charge < -0.3 is 10.1 Å². The van der Waals surface area contributed by atoms with Crippen molar-refractivity contribution in [2.24, 2.45) is 5.92 Å². The minimum absolute atomic E-state index is 0.105. The summed E-state index contributed by atoms with van der Waals surface area (Å²) in [7, 11) is 1.64. The van der Waals surface area contributed by atoms with Crippen LogP contribution in [0.15, 0.2) is 22.7 Å². The van der Waals surface area contributed by atoms with E-state index in [4.69, 9.17) is 4.74 Å². The first-order valence-corrected chi connectivity index (χ1v) is 7.35. The van der Waals surface area contributed by atoms with Crippen LogP contribution >= 0.6 is 15.9 Å². The van der Waals surface area contributed by atoms with E-state index in [0.29, 0.717) is 12.3 Å². The number of carbonyl (C=O) groups excluding carboxylic acids is 1. The van der Waals surface area contributed by atoms with Gasteiger partial charge in [-0.3, -0.25) is 4.79 Å². The zero-order valence-electron chi connectivity index (χ0n) is 12.0. The molecule has 1 aromatic rings. The minimum Gasteiger partial charge on any atom is -0.496 e. The number of amides is 1. The molecule has 0 fully saturated rings. The van der Waals surface area contributed by atoms with Crippen molar-refractivity contribution >= 4 is 21.8 Å². The highest BCUT2D eigenvalue weighted by molar-refractivity contribution is 9.10. The van der Waals surface area contributed by atoms with E-state index < -0.39 is 0 Å². The molecule has 1 amide bonds. The van der Waals surface area contributed by atoms with Crippen molar-refractivity contribution in [2.45, 2.75) is 39.7 Å². The maximum atomic E-state index is 11.8. The molecule has 0 spiro atoms. The fourth-order valence-corrected chi connectivity index (χ4v) is 2.20. The van der Waals surface area contributed by atoms with Crippen molar-refractivity contribution in [1.82, 2.24) is 5.32 Å². The Bertz CT molecular complexity index is 432. The number of hydrogen-bond donors (Lipinski definition) is 1. The number of aryl methyl sites for hydroxylation is 1. The summed E-state index contributed by atoms with van der Waals surface area (Å²) in [5.41, 5.74) is 1.13. The second kappa shape index (κ2) is 7.53. The number of rotatable bonds is 6. The van der Waals surface area contributed by atoms with Crippen LogP contribution in [0.1, 0.15) is 32.8 Å². The first-order chi connectivity index (χ1) is 8.93. The Morgan fingerprint density at radius 2 is 2.05 bits per heavy atom. The zero-order chi connectivity index (χ0) is 14.4. The molecular weight excluding hydrogens is 306 g/mol. The smallest absolute Gasteiger partial charge is 0.220 e. The molecule has 1 unspecified atom stereocenters. The van der Waals surface area contributed by atoms with Crippen LogP contribution in [0.4, 0.5) is 0 Å². The average molecular weight is 328 g/mol. The van der Waals surface area contributed by atoms with Crippen molar-refractivity contribution in [1.29, 1.82) is 0 Å². The van der Waals surface area contributed by atoms with Gasteiger partial charge in [-0.25, -0.2) is 0 Å². The molecule has 4 heteroatoms. The largest absolute Gasteiger partial charge is 0.496 e. The molecule has 0 heterocycles. The second-order valence-electron chi connectivity index (χ2n) is 5.07. The molecule has 0 saturated heterocycles. The number of nitrogens with one attached hydrogen (secondary N) is 1. The lowest BCUT2D eigenvalue weighted by Crippen LogP contribution is -2.36. The van der Waals surface area contributed by atoms with Gasteiger partial charge in [-0.15, -0.1) is 0 Å². The molecule has 0 radical (unpaired) electrons. The third kappa shape index (κ3) is 5.23. The average Bonchev–Trinajstić information content (AvgIpc) is 2.36. The molecule has 0 aliphatic carbocycles. The van der Waals surface area contributed by atoms with Crippen molar-refractivity contribution in [2.75, 3.05) is 7.11 Å². The SMILES string of the molecule is COc1ccc(CCC(=O)NC(C)C(C)C)cc1Br. The number of carbonyl (C=O) groups is 1. The van der Waals surface area contributed by atoms with Gasteiger partial charge in [-0.05, 0) is 52.9 Å². The summed E-state index contributed by atoms with van der Waals surface area (Å²) >= 11 is 3.45. The highest BCUT2D eigenvalue weighted by Gasteiger charge is 2.11. The number of halogens is 1. The van der Waals surface area contributed by atoms with E-state index in [9.17, 15) is 4.79 Å². The van der Waals surface area contributed by atoms with Gasteiger partial charge in [-0.1, -0.05) is 19.9 Å². The van der Waals surface area contributed by atoms with Gasteiger partial charge in [0.2, 0.25) is 5.91 Å². The van der Waals surface area contributed by atoms with Gasteiger partial charge >= 0.3 is 0 Å². The minimum atomic E-state index is 0.105. The lowest BCUT2D eigenvalue weighted by molar-refractivity contribution is -0.121. The quantitative estimate of drug-likeness (QED) is 0.867. The number of hydrogen-bond acceptors (Lipinski definition) is 2. The summed E-state index contributed by atoms with van der Waals surface area (Å²) in [6.07, 6.45) is 1.25. The van der Waals surface area contributed by atoms with Gasteiger partial charge in [0.1, 0.15) is 5.75 Å². The normalized spacial score (nSPS) is 12.3. The van der Waals surface area contributed by atoms with Crippen LogP contribution in [0.2, 0.25) is 0 Å². The van der Waals surface area contributed by atoms with E-state index in [0.717, 1.165) is 22.2 Å². The zero-order valence-corrected chi connectivity index (χ0v) is 13.6. The topological polar surface area (TPSA) is 38.3 Å². The van der Waals surface area contributed by atoms with Crippen LogP contribution in [0.25, 0.3) is 0 Å². The Hall–Kier alpha value is -1.03. The van der Waals surface area contributed by atoms with Crippen LogP contribution in [-0.2, 0) is 11.2 Å². The van der Waals surface area contributed by atoms with Crippen LogP contribution < -0.4 is 10.1 Å². The van der Waals surface area contributed by atoms with E-state index in [1.54, 1.807) is 7.11 Å². The molecule has 106 valence electrons. The Morgan fingerprint density at radius 3 is 2.58 bits per heavy atom. The first-order valence-electron chi connectivity index (χ1n) is 6.55. The third-order valence-corrected chi connectivity index (χ3v) is 3.87. The van der Waals surface area contributed by atoms with Crippen molar-refractivity contribution in [3.63, 3.8) is 0 Å². The predicted octanol–water partition coefficient (Wildman–Crippen LogP) is 3.55. The molecule has 1 N–H and O–H groups in total. The molecule has 1 atom stereocenters. The van der Waals surface area contributed by atoms with Crippen LogP contribution in [0, 0.1) is 5.92 Å². The molecule has 0 aliphatic heterocycles. The van der Waals surface area contributed by atoms with Crippen LogP contribution in [-0.4, -0.2) is 19.1 Å². The molecule has 1 rings (SSSR count). The Kier molecular flexibility index (Phi) is 6.35. The van der Waals surface area contributed by atoms with E-state index in [2.05, 4.69) is 35.1 Å². The van der Waals surface area contributed by atoms with E-state index in [1.165, 1.54) is 0 Å². The lowest BCUT2D eigenvalue weighted by Gasteiger charge is -2.17. The first kappa shape index (κ1) is 16.0. The summed E-state index contributed by atoms with van der Waals surface area (Å²) in [6, 6.07) is 6.12. The summed E-state index contributed by atoms with van der Waals surface area (Å²) in [5.74, 6) is 1.37. The highest BCUT2D eigenvalue weighted by atomic mass is 79.9. The standard InChI is InChI=1S/C15H22BrNO2/c1-10(2)11(3)17-15(18)8-6-12-5-7-14(19-4)13(16)9-12/h5,7,9-11H,6,8H2,1-4H3,(H,17,18). The second-order valence-corrected chi connectivity index (χ2v) is 5.92. The number of ether oxygens (including phenoxy) is 1. The van der Waals surface area contributed by atoms with E-state index in [-0.39, 0.29) is 11.9 Å². The molecule has 0 saturated carbocycles. The monoisotopic (exact) mass is 327 g/mol. The lowest BCUT2D eigenvalue weighted by atomic mass is 10.1. The molecule has 1 aromatic carbocycles. The Balaban J connectivity index is 2.48. The fraction of sp³-hybridized carbons (Fsp3) is 0.533. The van der Waals surface area contributed by atoms with Crippen molar-refractivity contribution < 1.29 is 9.53 Å². The van der Waals surface area contributed by atoms with Crippen molar-refractivity contribution in [3.8, 4) is 5.75 Å². The predicted molar refractivity (Wildman–Crippen MR) is 81.5 cm³/mol. The van der Waals surface area contributed by atoms with E-state index in [1.807, 2.05) is 25.1 Å². The summed E-state index contributed by atoms with van der Waals surface area (Å²) in [4.78, 5) is 11.8. The third-order valence-electron chi connectivity index (χ3n) is 3.25. The van der Waals surface area contributed by atoms with Gasteiger partial charge in [-0.2, -0.15) is 0 Å². The summed E-state index contributed by atoms with van der Waals surface area (Å²) < 4.78 is 6.10. The van der Waals surface area contributed by atoms with Gasteiger partial charge in [0, 0.05) is 12.5 Å². The summed E-state index contributed by atoms with van der Waals surface area (Å²) in [5, 5.41) is 3.01. The number of methoxy groups -OCH3 is 1. The van der Waals surface area contributed by atoms with Gasteiger partial charge in [0.25, 0.3) is 0 Å². The van der Waals surface area contributed by atoms with Gasteiger partial charge in [0.05, 0.1) is 11.6 Å². The van der Waals surface area contributed by atoms with Gasteiger partial charge in [0.15, 0.2) is 0 Å². The summed E-state index contributed by atoms with van der Waals surface area (Å²) in [6.45, 7) is 6.24. The molecule has 0 aromatic heterocycles. The molecular formula is C15H22BrNO2. The maximum absolute atomic E-state index is 11.8. The molecule has 3 nitrogen and oxygen atoms in total. The fourth-order valence-electron chi connectivity index (χ4n) is 1.62. The molecule has 0 bridgehead atoms. The Labute approximate surface area is 123 Å². The molecule has 19 heavy (non-hydrogen) atoms.